The first kappa shape index (κ1) is 15.9. The molecule has 0 spiro atoms. The molecule has 7 heteroatoms. The van der Waals surface area contributed by atoms with Crippen LogP contribution in [0.5, 0.6) is 0 Å². The number of esters is 1. The topological polar surface area (TPSA) is 84.4 Å². The van der Waals surface area contributed by atoms with Crippen molar-refractivity contribution in [3.8, 4) is 0 Å². The predicted molar refractivity (Wildman–Crippen MR) is 74.5 cm³/mol. The van der Waals surface area contributed by atoms with E-state index in [1.54, 1.807) is 17.0 Å². The molecule has 0 fully saturated rings. The van der Waals surface area contributed by atoms with Crippen molar-refractivity contribution in [1.29, 1.82) is 0 Å². The van der Waals surface area contributed by atoms with Crippen LogP contribution in [0.1, 0.15) is 31.3 Å². The standard InChI is InChI=1S/C13H20N4O3/c1-5-14-13(19)10-6-7-11(16-15-10)17(9(2)3)8-12(18)20-4/h6-7,9H,5,8H2,1-4H3,(H,14,19). The third kappa shape index (κ3) is 4.18. The molecule has 1 rings (SSSR count). The van der Waals surface area contributed by atoms with Crippen molar-refractivity contribution in [2.45, 2.75) is 26.8 Å². The summed E-state index contributed by atoms with van der Waals surface area (Å²) in [5.74, 6) is -0.0950. The Labute approximate surface area is 118 Å². The monoisotopic (exact) mass is 280 g/mol. The third-order valence-corrected chi connectivity index (χ3v) is 2.67. The molecule has 110 valence electrons. The molecule has 20 heavy (non-hydrogen) atoms. The van der Waals surface area contributed by atoms with Crippen LogP contribution in [-0.2, 0) is 9.53 Å². The van der Waals surface area contributed by atoms with Gasteiger partial charge < -0.3 is 15.0 Å². The van der Waals surface area contributed by atoms with E-state index in [1.165, 1.54) is 7.11 Å². The van der Waals surface area contributed by atoms with Gasteiger partial charge in [0.2, 0.25) is 0 Å². The molecule has 1 heterocycles. The Bertz CT molecular complexity index is 459. The summed E-state index contributed by atoms with van der Waals surface area (Å²) in [6, 6.07) is 3.30. The van der Waals surface area contributed by atoms with Crippen LogP contribution in [0.3, 0.4) is 0 Å². The van der Waals surface area contributed by atoms with Crippen molar-refractivity contribution < 1.29 is 14.3 Å². The minimum absolute atomic E-state index is 0.0544. The Morgan fingerprint density at radius 3 is 2.50 bits per heavy atom. The smallest absolute Gasteiger partial charge is 0.325 e. The Balaban J connectivity index is 2.88. The van der Waals surface area contributed by atoms with E-state index in [0.29, 0.717) is 12.4 Å². The van der Waals surface area contributed by atoms with Crippen LogP contribution >= 0.6 is 0 Å². The van der Waals surface area contributed by atoms with Crippen LogP contribution in [0, 0.1) is 0 Å². The van der Waals surface area contributed by atoms with Gasteiger partial charge in [-0.15, -0.1) is 10.2 Å². The van der Waals surface area contributed by atoms with E-state index < -0.39 is 0 Å². The molecule has 0 bridgehead atoms. The molecule has 7 nitrogen and oxygen atoms in total. The van der Waals surface area contributed by atoms with Gasteiger partial charge in [-0.2, -0.15) is 0 Å². The second kappa shape index (κ2) is 7.42. The normalized spacial score (nSPS) is 10.2. The van der Waals surface area contributed by atoms with Crippen LogP contribution in [0.2, 0.25) is 0 Å². The molecular weight excluding hydrogens is 260 g/mol. The van der Waals surface area contributed by atoms with Gasteiger partial charge in [-0.05, 0) is 32.9 Å². The van der Waals surface area contributed by atoms with Crippen molar-refractivity contribution in [1.82, 2.24) is 15.5 Å². The maximum atomic E-state index is 11.6. The molecule has 1 amide bonds. The lowest BCUT2D eigenvalue weighted by Gasteiger charge is -2.25. The van der Waals surface area contributed by atoms with Crippen LogP contribution in [-0.4, -0.2) is 48.3 Å². The van der Waals surface area contributed by atoms with E-state index in [4.69, 9.17) is 0 Å². The fraction of sp³-hybridized carbons (Fsp3) is 0.538. The van der Waals surface area contributed by atoms with E-state index in [-0.39, 0.29) is 30.2 Å². The SMILES string of the molecule is CCNC(=O)c1ccc(N(CC(=O)OC)C(C)C)nn1. The van der Waals surface area contributed by atoms with E-state index in [2.05, 4.69) is 20.3 Å². The molecule has 1 aromatic rings. The molecule has 0 saturated heterocycles. The lowest BCUT2D eigenvalue weighted by atomic mass is 10.3. The molecule has 0 unspecified atom stereocenters. The Hall–Kier alpha value is -2.18. The number of nitrogens with zero attached hydrogens (tertiary/aromatic N) is 3. The van der Waals surface area contributed by atoms with E-state index in [1.807, 2.05) is 20.8 Å². The first-order valence-corrected chi connectivity index (χ1v) is 6.45. The van der Waals surface area contributed by atoms with E-state index in [0.717, 1.165) is 0 Å². The summed E-state index contributed by atoms with van der Waals surface area (Å²) in [7, 11) is 1.34. The van der Waals surface area contributed by atoms with Crippen LogP contribution in [0.25, 0.3) is 0 Å². The van der Waals surface area contributed by atoms with Crippen LogP contribution in [0.4, 0.5) is 5.82 Å². The number of hydrogen-bond donors (Lipinski definition) is 1. The van der Waals surface area contributed by atoms with Crippen LogP contribution < -0.4 is 10.2 Å². The zero-order valence-corrected chi connectivity index (χ0v) is 12.2. The quantitative estimate of drug-likeness (QED) is 0.769. The highest BCUT2D eigenvalue weighted by Crippen LogP contribution is 2.13. The minimum Gasteiger partial charge on any atom is -0.468 e. The highest BCUT2D eigenvalue weighted by Gasteiger charge is 2.17. The molecule has 0 aliphatic carbocycles. The number of methoxy groups -OCH3 is 1. The predicted octanol–water partition coefficient (Wildman–Crippen LogP) is 0.614. The van der Waals surface area contributed by atoms with Gasteiger partial charge in [-0.1, -0.05) is 0 Å². The maximum Gasteiger partial charge on any atom is 0.325 e. The van der Waals surface area contributed by atoms with Crippen molar-refractivity contribution >= 4 is 17.7 Å². The second-order valence-electron chi connectivity index (χ2n) is 4.43. The molecule has 1 N–H and O–H groups in total. The Morgan fingerprint density at radius 1 is 1.35 bits per heavy atom. The Kier molecular flexibility index (Phi) is 5.89. The van der Waals surface area contributed by atoms with Gasteiger partial charge in [-0.3, -0.25) is 9.59 Å². The number of rotatable bonds is 6. The number of aromatic nitrogens is 2. The van der Waals surface area contributed by atoms with Gasteiger partial charge in [0.25, 0.3) is 5.91 Å². The summed E-state index contributed by atoms with van der Waals surface area (Å²) in [5, 5.41) is 10.5. The molecular formula is C13H20N4O3. The van der Waals surface area contributed by atoms with Gasteiger partial charge >= 0.3 is 5.97 Å². The third-order valence-electron chi connectivity index (χ3n) is 2.67. The maximum absolute atomic E-state index is 11.6. The average molecular weight is 280 g/mol. The first-order valence-electron chi connectivity index (χ1n) is 6.45. The summed E-state index contributed by atoms with van der Waals surface area (Å²) in [4.78, 5) is 24.7. The fourth-order valence-electron chi connectivity index (χ4n) is 1.58. The number of carbonyl (C=O) groups excluding carboxylic acids is 2. The number of nitrogens with one attached hydrogen (secondary N) is 1. The molecule has 0 radical (unpaired) electrons. The van der Waals surface area contributed by atoms with Crippen LogP contribution in [0.15, 0.2) is 12.1 Å². The van der Waals surface area contributed by atoms with E-state index >= 15 is 0 Å². The number of carbonyl (C=O) groups is 2. The molecule has 0 aliphatic rings. The summed E-state index contributed by atoms with van der Waals surface area (Å²) in [6.45, 7) is 6.31. The van der Waals surface area contributed by atoms with Crippen molar-refractivity contribution in [2.24, 2.45) is 0 Å². The summed E-state index contributed by atoms with van der Waals surface area (Å²) in [6.07, 6.45) is 0. The number of anilines is 1. The molecule has 0 saturated carbocycles. The van der Waals surface area contributed by atoms with Crippen molar-refractivity contribution in [3.63, 3.8) is 0 Å². The highest BCUT2D eigenvalue weighted by molar-refractivity contribution is 5.92. The van der Waals surface area contributed by atoms with Gasteiger partial charge in [0.05, 0.1) is 7.11 Å². The minimum atomic E-state index is -0.353. The largest absolute Gasteiger partial charge is 0.468 e. The second-order valence-corrected chi connectivity index (χ2v) is 4.43. The molecule has 0 atom stereocenters. The van der Waals surface area contributed by atoms with Gasteiger partial charge in [0.15, 0.2) is 11.5 Å². The zero-order valence-electron chi connectivity index (χ0n) is 12.2. The van der Waals surface area contributed by atoms with Gasteiger partial charge in [-0.25, -0.2) is 0 Å². The van der Waals surface area contributed by atoms with E-state index in [9.17, 15) is 9.59 Å². The summed E-state index contributed by atoms with van der Waals surface area (Å²) >= 11 is 0. The highest BCUT2D eigenvalue weighted by atomic mass is 16.5. The van der Waals surface area contributed by atoms with Gasteiger partial charge in [0.1, 0.15) is 6.54 Å². The summed E-state index contributed by atoms with van der Waals surface area (Å²) in [5.41, 5.74) is 0.248. The van der Waals surface area contributed by atoms with Gasteiger partial charge in [0, 0.05) is 12.6 Å². The average Bonchev–Trinajstić information content (AvgIpc) is 2.44. The number of ether oxygens (including phenoxy) is 1. The fourth-order valence-corrected chi connectivity index (χ4v) is 1.58. The number of hydrogen-bond acceptors (Lipinski definition) is 6. The summed E-state index contributed by atoms with van der Waals surface area (Å²) < 4.78 is 4.65. The lowest BCUT2D eigenvalue weighted by molar-refractivity contribution is -0.139. The first-order chi connectivity index (χ1) is 9.49. The van der Waals surface area contributed by atoms with Crippen molar-refractivity contribution in [2.75, 3.05) is 25.1 Å². The van der Waals surface area contributed by atoms with Crippen molar-refractivity contribution in [3.05, 3.63) is 17.8 Å². The zero-order chi connectivity index (χ0) is 15.1. The number of amides is 1. The molecule has 0 aromatic carbocycles. The lowest BCUT2D eigenvalue weighted by Crippen LogP contribution is -2.37. The Morgan fingerprint density at radius 2 is 2.05 bits per heavy atom. The molecule has 1 aromatic heterocycles. The molecule has 0 aliphatic heterocycles.